The molecule has 1 rings (SSSR count). The van der Waals surface area contributed by atoms with Gasteiger partial charge in [0.25, 0.3) is 5.69 Å². The third-order valence-corrected chi connectivity index (χ3v) is 3.24. The van der Waals surface area contributed by atoms with Crippen molar-refractivity contribution < 1.29 is 10.0 Å². The maximum atomic E-state index is 10.9. The second kappa shape index (κ2) is 7.86. The van der Waals surface area contributed by atoms with Crippen LogP contribution in [-0.2, 0) is 0 Å². The highest BCUT2D eigenvalue weighted by Gasteiger charge is 2.17. The van der Waals surface area contributed by atoms with Crippen molar-refractivity contribution in [3.8, 4) is 0 Å². The molecular weight excluding hydrogens is 244 g/mol. The number of rotatable bonds is 8. The average Bonchev–Trinajstić information content (AvgIpc) is 2.42. The van der Waals surface area contributed by atoms with Gasteiger partial charge in [0.1, 0.15) is 0 Å². The fourth-order valence-electron chi connectivity index (χ4n) is 1.99. The minimum Gasteiger partial charge on any atom is -0.396 e. The maximum Gasteiger partial charge on any atom is 0.274 e. The molecule has 1 aromatic rings. The quantitative estimate of drug-likeness (QED) is 0.431. The minimum atomic E-state index is -0.346. The van der Waals surface area contributed by atoms with E-state index in [1.165, 1.54) is 6.07 Å². The molecule has 5 nitrogen and oxygen atoms in total. The van der Waals surface area contributed by atoms with Gasteiger partial charge >= 0.3 is 0 Å². The Bertz CT molecular complexity index is 409. The standard InChI is InChI=1S/C14H22N2O3/c1-11(10-17)6-5-9-15-12(2)13-7-3-4-8-14(13)16(18)19/h3-4,7-8,11-12,15,17H,5-6,9-10H2,1-2H3. The van der Waals surface area contributed by atoms with E-state index in [0.29, 0.717) is 11.5 Å². The van der Waals surface area contributed by atoms with E-state index < -0.39 is 0 Å². The Morgan fingerprint density at radius 1 is 1.37 bits per heavy atom. The summed E-state index contributed by atoms with van der Waals surface area (Å²) >= 11 is 0. The highest BCUT2D eigenvalue weighted by atomic mass is 16.6. The van der Waals surface area contributed by atoms with E-state index in [9.17, 15) is 10.1 Å². The number of hydrogen-bond acceptors (Lipinski definition) is 4. The van der Waals surface area contributed by atoms with Crippen LogP contribution in [0.3, 0.4) is 0 Å². The van der Waals surface area contributed by atoms with Crippen molar-refractivity contribution in [1.29, 1.82) is 0 Å². The van der Waals surface area contributed by atoms with E-state index in [0.717, 1.165) is 19.4 Å². The monoisotopic (exact) mass is 266 g/mol. The van der Waals surface area contributed by atoms with Crippen LogP contribution in [-0.4, -0.2) is 23.2 Å². The number of hydrogen-bond donors (Lipinski definition) is 2. The van der Waals surface area contributed by atoms with Crippen LogP contribution >= 0.6 is 0 Å². The van der Waals surface area contributed by atoms with Crippen LogP contribution in [0.4, 0.5) is 5.69 Å². The van der Waals surface area contributed by atoms with E-state index >= 15 is 0 Å². The van der Waals surface area contributed by atoms with E-state index in [2.05, 4.69) is 5.32 Å². The smallest absolute Gasteiger partial charge is 0.274 e. The Morgan fingerprint density at radius 3 is 2.68 bits per heavy atom. The molecule has 1 aromatic carbocycles. The van der Waals surface area contributed by atoms with Crippen molar-refractivity contribution in [3.05, 3.63) is 39.9 Å². The van der Waals surface area contributed by atoms with Gasteiger partial charge in [-0.25, -0.2) is 0 Å². The summed E-state index contributed by atoms with van der Waals surface area (Å²) < 4.78 is 0. The lowest BCUT2D eigenvalue weighted by Gasteiger charge is -2.15. The van der Waals surface area contributed by atoms with E-state index in [1.807, 2.05) is 19.9 Å². The van der Waals surface area contributed by atoms with Gasteiger partial charge in [-0.3, -0.25) is 10.1 Å². The number of nitro groups is 1. The number of nitrogens with one attached hydrogen (secondary N) is 1. The zero-order valence-electron chi connectivity index (χ0n) is 11.5. The maximum absolute atomic E-state index is 10.9. The van der Waals surface area contributed by atoms with Crippen molar-refractivity contribution in [3.63, 3.8) is 0 Å². The van der Waals surface area contributed by atoms with Crippen LogP contribution in [0.1, 0.15) is 38.3 Å². The summed E-state index contributed by atoms with van der Waals surface area (Å²) in [5.74, 6) is 0.308. The second-order valence-electron chi connectivity index (χ2n) is 4.92. The summed E-state index contributed by atoms with van der Waals surface area (Å²) in [7, 11) is 0. The van der Waals surface area contributed by atoms with Crippen LogP contribution < -0.4 is 5.32 Å². The van der Waals surface area contributed by atoms with Crippen molar-refractivity contribution >= 4 is 5.69 Å². The molecule has 0 heterocycles. The molecule has 106 valence electrons. The molecule has 2 atom stereocenters. The highest BCUT2D eigenvalue weighted by Crippen LogP contribution is 2.24. The molecular formula is C14H22N2O3. The normalized spacial score (nSPS) is 14.1. The Hall–Kier alpha value is -1.46. The molecule has 0 aliphatic heterocycles. The average molecular weight is 266 g/mol. The Morgan fingerprint density at radius 2 is 2.05 bits per heavy atom. The predicted molar refractivity (Wildman–Crippen MR) is 75.0 cm³/mol. The first-order valence-corrected chi connectivity index (χ1v) is 6.63. The molecule has 0 aliphatic rings. The van der Waals surface area contributed by atoms with Gasteiger partial charge in [0.2, 0.25) is 0 Å². The molecule has 0 aromatic heterocycles. The molecule has 0 spiro atoms. The number of aliphatic hydroxyl groups is 1. The first-order chi connectivity index (χ1) is 9.06. The van der Waals surface area contributed by atoms with Crippen LogP contribution in [0.25, 0.3) is 0 Å². The van der Waals surface area contributed by atoms with Crippen molar-refractivity contribution in [2.45, 2.75) is 32.7 Å². The van der Waals surface area contributed by atoms with Crippen LogP contribution in [0.15, 0.2) is 24.3 Å². The summed E-state index contributed by atoms with van der Waals surface area (Å²) in [6.07, 6.45) is 1.90. The van der Waals surface area contributed by atoms with Gasteiger partial charge in [0.15, 0.2) is 0 Å². The fourth-order valence-corrected chi connectivity index (χ4v) is 1.99. The number of benzene rings is 1. The van der Waals surface area contributed by atoms with Gasteiger partial charge in [-0.2, -0.15) is 0 Å². The van der Waals surface area contributed by atoms with E-state index in [4.69, 9.17) is 5.11 Å². The largest absolute Gasteiger partial charge is 0.396 e. The molecule has 0 bridgehead atoms. The number of nitrogens with zero attached hydrogens (tertiary/aromatic N) is 1. The summed E-state index contributed by atoms with van der Waals surface area (Å²) in [6.45, 7) is 4.93. The van der Waals surface area contributed by atoms with Gasteiger partial charge in [0, 0.05) is 24.3 Å². The highest BCUT2D eigenvalue weighted by molar-refractivity contribution is 5.41. The van der Waals surface area contributed by atoms with Gasteiger partial charge in [-0.05, 0) is 32.2 Å². The molecule has 0 radical (unpaired) electrons. The summed E-state index contributed by atoms with van der Waals surface area (Å²) in [6, 6.07) is 6.75. The third kappa shape index (κ3) is 4.96. The second-order valence-corrected chi connectivity index (χ2v) is 4.92. The molecule has 0 saturated heterocycles. The zero-order valence-corrected chi connectivity index (χ0v) is 11.5. The Balaban J connectivity index is 2.50. The zero-order chi connectivity index (χ0) is 14.3. The number of aliphatic hydroxyl groups excluding tert-OH is 1. The molecule has 5 heteroatoms. The lowest BCUT2D eigenvalue weighted by molar-refractivity contribution is -0.385. The number of nitro benzene ring substituents is 1. The fraction of sp³-hybridized carbons (Fsp3) is 0.571. The summed E-state index contributed by atoms with van der Waals surface area (Å²) in [5.41, 5.74) is 0.869. The molecule has 19 heavy (non-hydrogen) atoms. The van der Waals surface area contributed by atoms with E-state index in [-0.39, 0.29) is 23.3 Å². The van der Waals surface area contributed by atoms with Crippen molar-refractivity contribution in [1.82, 2.24) is 5.32 Å². The summed E-state index contributed by atoms with van der Waals surface area (Å²) in [4.78, 5) is 10.6. The molecule has 0 amide bonds. The lowest BCUT2D eigenvalue weighted by atomic mass is 10.0. The van der Waals surface area contributed by atoms with Crippen LogP contribution in [0.5, 0.6) is 0 Å². The molecule has 2 unspecified atom stereocenters. The third-order valence-electron chi connectivity index (χ3n) is 3.24. The van der Waals surface area contributed by atoms with Gasteiger partial charge in [-0.15, -0.1) is 0 Å². The Labute approximate surface area is 113 Å². The molecule has 0 saturated carbocycles. The van der Waals surface area contributed by atoms with Crippen LogP contribution in [0.2, 0.25) is 0 Å². The predicted octanol–water partition coefficient (Wildman–Crippen LogP) is 2.65. The first-order valence-electron chi connectivity index (χ1n) is 6.63. The van der Waals surface area contributed by atoms with Crippen molar-refractivity contribution in [2.24, 2.45) is 5.92 Å². The minimum absolute atomic E-state index is 0.0500. The van der Waals surface area contributed by atoms with Crippen molar-refractivity contribution in [2.75, 3.05) is 13.2 Å². The Kier molecular flexibility index (Phi) is 6.45. The lowest BCUT2D eigenvalue weighted by Crippen LogP contribution is -2.21. The topological polar surface area (TPSA) is 75.4 Å². The van der Waals surface area contributed by atoms with Crippen LogP contribution in [0, 0.1) is 16.0 Å². The SMILES string of the molecule is CC(CO)CCCNC(C)c1ccccc1[N+](=O)[O-]. The molecule has 2 N–H and O–H groups in total. The van der Waals surface area contributed by atoms with Gasteiger partial charge in [0.05, 0.1) is 4.92 Å². The van der Waals surface area contributed by atoms with Gasteiger partial charge < -0.3 is 10.4 Å². The molecule has 0 aliphatic carbocycles. The molecule has 0 fully saturated rings. The van der Waals surface area contributed by atoms with E-state index in [1.54, 1.807) is 12.1 Å². The van der Waals surface area contributed by atoms with Gasteiger partial charge in [-0.1, -0.05) is 25.1 Å². The first kappa shape index (κ1) is 15.6. The number of para-hydroxylation sites is 1. The summed E-state index contributed by atoms with van der Waals surface area (Å²) in [5, 5.41) is 23.1.